The zero-order chi connectivity index (χ0) is 13.5. The Labute approximate surface area is 110 Å². The number of carboxylic acid groups (broad SMARTS) is 1. The van der Waals surface area contributed by atoms with Crippen molar-refractivity contribution in [1.82, 2.24) is 5.32 Å². The summed E-state index contributed by atoms with van der Waals surface area (Å²) in [5, 5.41) is 11.8. The summed E-state index contributed by atoms with van der Waals surface area (Å²) in [5.41, 5.74) is 0.148. The molecule has 1 aromatic carbocycles. The van der Waals surface area contributed by atoms with E-state index >= 15 is 0 Å². The molecule has 5 heteroatoms. The van der Waals surface area contributed by atoms with Gasteiger partial charge in [-0.3, -0.25) is 9.59 Å². The number of fused-ring (bicyclic) bond motifs is 1. The van der Waals surface area contributed by atoms with Crippen molar-refractivity contribution in [2.75, 3.05) is 13.2 Å². The third-order valence-corrected chi connectivity index (χ3v) is 3.92. The molecule has 0 spiro atoms. The highest BCUT2D eigenvalue weighted by Crippen LogP contribution is 2.45. The van der Waals surface area contributed by atoms with E-state index in [4.69, 9.17) is 9.84 Å². The van der Waals surface area contributed by atoms with Crippen molar-refractivity contribution in [3.63, 3.8) is 0 Å². The Balaban J connectivity index is 1.65. The lowest BCUT2D eigenvalue weighted by Crippen LogP contribution is -2.37. The fourth-order valence-corrected chi connectivity index (χ4v) is 2.38. The van der Waals surface area contributed by atoms with Crippen molar-refractivity contribution in [2.45, 2.75) is 18.8 Å². The lowest BCUT2D eigenvalue weighted by Gasteiger charge is -2.14. The number of ether oxygens (including phenoxy) is 1. The lowest BCUT2D eigenvalue weighted by atomic mass is 10.00. The van der Waals surface area contributed by atoms with E-state index in [9.17, 15) is 9.59 Å². The number of carboxylic acids is 1. The number of benzene rings is 1. The SMILES string of the molecule is O=C(NCC1(C(=O)O)CC1)C1COc2ccccc21. The van der Waals surface area contributed by atoms with E-state index in [0.29, 0.717) is 19.4 Å². The molecule has 100 valence electrons. The lowest BCUT2D eigenvalue weighted by molar-refractivity contribution is -0.143. The van der Waals surface area contributed by atoms with E-state index in [1.807, 2.05) is 24.3 Å². The standard InChI is InChI=1S/C14H15NO4/c16-12(15-8-14(5-6-14)13(17)18)10-7-19-11-4-2-1-3-9(10)11/h1-4,10H,5-8H2,(H,15,16)(H,17,18). The second-order valence-electron chi connectivity index (χ2n) is 5.20. The Hall–Kier alpha value is -2.04. The monoisotopic (exact) mass is 261 g/mol. The van der Waals surface area contributed by atoms with Crippen LogP contribution in [-0.4, -0.2) is 30.1 Å². The first-order valence-electron chi connectivity index (χ1n) is 6.35. The molecule has 3 rings (SSSR count). The fourth-order valence-electron chi connectivity index (χ4n) is 2.38. The van der Waals surface area contributed by atoms with Crippen LogP contribution in [0.3, 0.4) is 0 Å². The number of hydrogen-bond donors (Lipinski definition) is 2. The van der Waals surface area contributed by atoms with Gasteiger partial charge in [0.25, 0.3) is 0 Å². The van der Waals surface area contributed by atoms with Crippen LogP contribution in [-0.2, 0) is 9.59 Å². The minimum absolute atomic E-state index is 0.155. The van der Waals surface area contributed by atoms with Gasteiger partial charge in [0.05, 0.1) is 5.41 Å². The van der Waals surface area contributed by atoms with Crippen LogP contribution in [0.5, 0.6) is 5.75 Å². The highest BCUT2D eigenvalue weighted by Gasteiger charge is 2.50. The number of aliphatic carboxylic acids is 1. The maximum absolute atomic E-state index is 12.1. The Morgan fingerprint density at radius 1 is 1.37 bits per heavy atom. The summed E-state index contributed by atoms with van der Waals surface area (Å²) in [6.45, 7) is 0.533. The summed E-state index contributed by atoms with van der Waals surface area (Å²) < 4.78 is 5.45. The molecule has 1 fully saturated rings. The van der Waals surface area contributed by atoms with Gasteiger partial charge < -0.3 is 15.2 Å². The van der Waals surface area contributed by atoms with Gasteiger partial charge in [0, 0.05) is 12.1 Å². The second kappa shape index (κ2) is 4.26. The van der Waals surface area contributed by atoms with Crippen LogP contribution in [0.4, 0.5) is 0 Å². The van der Waals surface area contributed by atoms with Gasteiger partial charge in [-0.05, 0) is 18.9 Å². The third kappa shape index (κ3) is 2.05. The molecule has 19 heavy (non-hydrogen) atoms. The number of para-hydroxylation sites is 1. The summed E-state index contributed by atoms with van der Waals surface area (Å²) in [5.74, 6) is -0.573. The molecule has 1 unspecified atom stereocenters. The number of carbonyl (C=O) groups is 2. The first-order valence-corrected chi connectivity index (χ1v) is 6.35. The van der Waals surface area contributed by atoms with E-state index in [-0.39, 0.29) is 18.4 Å². The zero-order valence-electron chi connectivity index (χ0n) is 10.4. The largest absolute Gasteiger partial charge is 0.492 e. The number of rotatable bonds is 4. The molecular formula is C14H15NO4. The van der Waals surface area contributed by atoms with Crippen molar-refractivity contribution >= 4 is 11.9 Å². The topological polar surface area (TPSA) is 75.6 Å². The number of hydrogen-bond acceptors (Lipinski definition) is 3. The molecule has 1 saturated carbocycles. The maximum atomic E-state index is 12.1. The Morgan fingerprint density at radius 2 is 2.11 bits per heavy atom. The molecule has 1 aliphatic heterocycles. The molecule has 1 heterocycles. The molecule has 2 N–H and O–H groups in total. The van der Waals surface area contributed by atoms with Crippen LogP contribution in [0.25, 0.3) is 0 Å². The molecule has 1 atom stereocenters. The molecule has 2 aliphatic rings. The molecule has 5 nitrogen and oxygen atoms in total. The van der Waals surface area contributed by atoms with Crippen molar-refractivity contribution in [2.24, 2.45) is 5.41 Å². The highest BCUT2D eigenvalue weighted by molar-refractivity contribution is 5.86. The first-order chi connectivity index (χ1) is 9.12. The Bertz CT molecular complexity index is 536. The van der Waals surface area contributed by atoms with E-state index in [2.05, 4.69) is 5.32 Å². The van der Waals surface area contributed by atoms with Crippen LogP contribution in [0, 0.1) is 5.41 Å². The minimum Gasteiger partial charge on any atom is -0.492 e. The molecule has 0 bridgehead atoms. The van der Waals surface area contributed by atoms with Crippen molar-refractivity contribution < 1.29 is 19.4 Å². The van der Waals surface area contributed by atoms with Crippen LogP contribution < -0.4 is 10.1 Å². The van der Waals surface area contributed by atoms with Crippen LogP contribution >= 0.6 is 0 Å². The van der Waals surface area contributed by atoms with Gasteiger partial charge in [0.1, 0.15) is 18.3 Å². The van der Waals surface area contributed by atoms with Crippen LogP contribution in [0.15, 0.2) is 24.3 Å². The van der Waals surface area contributed by atoms with E-state index in [1.165, 1.54) is 0 Å². The smallest absolute Gasteiger partial charge is 0.311 e. The zero-order valence-corrected chi connectivity index (χ0v) is 10.4. The molecule has 1 aromatic rings. The van der Waals surface area contributed by atoms with Crippen LogP contribution in [0.1, 0.15) is 24.3 Å². The van der Waals surface area contributed by atoms with Crippen molar-refractivity contribution in [3.05, 3.63) is 29.8 Å². The van der Waals surface area contributed by atoms with E-state index in [1.54, 1.807) is 0 Å². The van der Waals surface area contributed by atoms with Gasteiger partial charge in [0.15, 0.2) is 0 Å². The summed E-state index contributed by atoms with van der Waals surface area (Å²) in [7, 11) is 0. The third-order valence-electron chi connectivity index (χ3n) is 3.92. The minimum atomic E-state index is -0.823. The Morgan fingerprint density at radius 3 is 2.79 bits per heavy atom. The fraction of sp³-hybridized carbons (Fsp3) is 0.429. The average molecular weight is 261 g/mol. The summed E-state index contributed by atoms with van der Waals surface area (Å²) in [4.78, 5) is 23.2. The molecule has 0 aromatic heterocycles. The summed E-state index contributed by atoms with van der Waals surface area (Å²) in [6, 6.07) is 7.44. The predicted octanol–water partition coefficient (Wildman–Crippen LogP) is 1.14. The quantitative estimate of drug-likeness (QED) is 0.852. The van der Waals surface area contributed by atoms with Gasteiger partial charge in [-0.15, -0.1) is 0 Å². The maximum Gasteiger partial charge on any atom is 0.311 e. The molecule has 0 radical (unpaired) electrons. The van der Waals surface area contributed by atoms with Gasteiger partial charge in [-0.1, -0.05) is 18.2 Å². The molecule has 0 saturated heterocycles. The van der Waals surface area contributed by atoms with E-state index < -0.39 is 11.4 Å². The second-order valence-corrected chi connectivity index (χ2v) is 5.20. The summed E-state index contributed by atoms with van der Waals surface area (Å²) in [6.07, 6.45) is 1.28. The van der Waals surface area contributed by atoms with Gasteiger partial charge in [-0.25, -0.2) is 0 Å². The summed E-state index contributed by atoms with van der Waals surface area (Å²) >= 11 is 0. The Kier molecular flexibility index (Phi) is 2.69. The highest BCUT2D eigenvalue weighted by atomic mass is 16.5. The number of carbonyl (C=O) groups excluding carboxylic acids is 1. The first kappa shape index (κ1) is 12.0. The normalized spacial score (nSPS) is 22.2. The number of amides is 1. The molecule has 1 aliphatic carbocycles. The average Bonchev–Trinajstić information content (AvgIpc) is 3.09. The van der Waals surface area contributed by atoms with Crippen LogP contribution in [0.2, 0.25) is 0 Å². The van der Waals surface area contributed by atoms with Gasteiger partial charge in [0.2, 0.25) is 5.91 Å². The van der Waals surface area contributed by atoms with Gasteiger partial charge in [-0.2, -0.15) is 0 Å². The molecule has 1 amide bonds. The van der Waals surface area contributed by atoms with Crippen molar-refractivity contribution in [3.8, 4) is 5.75 Å². The van der Waals surface area contributed by atoms with E-state index in [0.717, 1.165) is 11.3 Å². The number of nitrogens with one attached hydrogen (secondary N) is 1. The van der Waals surface area contributed by atoms with Gasteiger partial charge >= 0.3 is 5.97 Å². The van der Waals surface area contributed by atoms with Crippen molar-refractivity contribution in [1.29, 1.82) is 0 Å². The predicted molar refractivity (Wildman–Crippen MR) is 67.0 cm³/mol. The molecular weight excluding hydrogens is 246 g/mol.